The quantitative estimate of drug-likeness (QED) is 0.479. The molecule has 1 aromatic carbocycles. The van der Waals surface area contributed by atoms with Crippen molar-refractivity contribution in [1.29, 1.82) is 0 Å². The Labute approximate surface area is 155 Å². The average molecular weight is 420 g/mol. The van der Waals surface area contributed by atoms with Gasteiger partial charge in [-0.15, -0.1) is 0 Å². The Bertz CT molecular complexity index is 550. The van der Waals surface area contributed by atoms with E-state index >= 15 is 0 Å². The van der Waals surface area contributed by atoms with E-state index in [4.69, 9.17) is 20.8 Å². The fraction of sp³-hybridized carbons (Fsp3) is 0.667. The standard InChI is InChI=1S/C18H28BrClO2Si/c1-17(2,3)23(4,5)22-13-18(9-6-10-18)12-21-14-7-8-15(19)16(20)11-14/h7-8,11H,6,9-10,12-13H2,1-5H3. The first-order valence-corrected chi connectivity index (χ1v) is 12.3. The van der Waals surface area contributed by atoms with Crippen molar-refractivity contribution in [1.82, 2.24) is 0 Å². The van der Waals surface area contributed by atoms with E-state index < -0.39 is 8.32 Å². The Morgan fingerprint density at radius 2 is 1.87 bits per heavy atom. The van der Waals surface area contributed by atoms with Crippen molar-refractivity contribution in [3.8, 4) is 5.75 Å². The Morgan fingerprint density at radius 3 is 2.35 bits per heavy atom. The van der Waals surface area contributed by atoms with Crippen molar-refractivity contribution >= 4 is 35.8 Å². The van der Waals surface area contributed by atoms with Gasteiger partial charge in [-0.25, -0.2) is 0 Å². The number of benzene rings is 1. The Balaban J connectivity index is 1.95. The summed E-state index contributed by atoms with van der Waals surface area (Å²) in [5.74, 6) is 0.830. The fourth-order valence-corrected chi connectivity index (χ4v) is 3.88. The molecule has 0 amide bonds. The first-order chi connectivity index (χ1) is 10.5. The van der Waals surface area contributed by atoms with E-state index in [0.29, 0.717) is 11.6 Å². The highest BCUT2D eigenvalue weighted by Gasteiger charge is 2.43. The van der Waals surface area contributed by atoms with Gasteiger partial charge >= 0.3 is 0 Å². The average Bonchev–Trinajstić information content (AvgIpc) is 2.39. The zero-order valence-electron chi connectivity index (χ0n) is 14.8. The second-order valence-corrected chi connectivity index (χ2v) is 14.3. The van der Waals surface area contributed by atoms with Gasteiger partial charge in [0.05, 0.1) is 11.6 Å². The molecule has 1 fully saturated rings. The van der Waals surface area contributed by atoms with E-state index in [1.165, 1.54) is 19.3 Å². The third-order valence-electron chi connectivity index (χ3n) is 5.40. The lowest BCUT2D eigenvalue weighted by Gasteiger charge is -2.45. The molecule has 1 aliphatic rings. The van der Waals surface area contributed by atoms with Gasteiger partial charge in [0.25, 0.3) is 0 Å². The first kappa shape index (κ1) is 19.3. The van der Waals surface area contributed by atoms with E-state index in [2.05, 4.69) is 49.8 Å². The largest absolute Gasteiger partial charge is 0.493 e. The van der Waals surface area contributed by atoms with Gasteiger partial charge < -0.3 is 9.16 Å². The number of halogens is 2. The number of hydrogen-bond acceptors (Lipinski definition) is 2. The Morgan fingerprint density at radius 1 is 1.22 bits per heavy atom. The minimum Gasteiger partial charge on any atom is -0.493 e. The second-order valence-electron chi connectivity index (χ2n) is 8.27. The fourth-order valence-electron chi connectivity index (χ4n) is 2.36. The molecule has 1 saturated carbocycles. The predicted octanol–water partition coefficient (Wildman–Crippen LogP) is 6.67. The van der Waals surface area contributed by atoms with Gasteiger partial charge in [-0.05, 0) is 65.1 Å². The number of ether oxygens (including phenoxy) is 1. The van der Waals surface area contributed by atoms with E-state index in [0.717, 1.165) is 16.8 Å². The maximum atomic E-state index is 6.46. The van der Waals surface area contributed by atoms with Crippen molar-refractivity contribution < 1.29 is 9.16 Å². The van der Waals surface area contributed by atoms with Gasteiger partial charge in [0, 0.05) is 16.5 Å². The summed E-state index contributed by atoms with van der Waals surface area (Å²) in [6.07, 6.45) is 3.64. The molecule has 0 saturated heterocycles. The first-order valence-electron chi connectivity index (χ1n) is 8.27. The van der Waals surface area contributed by atoms with Crippen LogP contribution in [-0.2, 0) is 4.43 Å². The van der Waals surface area contributed by atoms with E-state index in [1.54, 1.807) is 0 Å². The van der Waals surface area contributed by atoms with E-state index in [9.17, 15) is 0 Å². The molecule has 1 aliphatic carbocycles. The maximum absolute atomic E-state index is 6.46. The zero-order valence-corrected chi connectivity index (χ0v) is 18.2. The molecule has 5 heteroatoms. The molecule has 0 heterocycles. The van der Waals surface area contributed by atoms with Crippen LogP contribution < -0.4 is 4.74 Å². The Hall–Kier alpha value is -0.0331. The lowest BCUT2D eigenvalue weighted by Crippen LogP contribution is -2.47. The molecule has 2 rings (SSSR count). The van der Waals surface area contributed by atoms with Gasteiger partial charge in [-0.1, -0.05) is 38.8 Å². The lowest BCUT2D eigenvalue weighted by molar-refractivity contribution is 0.00486. The molecule has 130 valence electrons. The Kier molecular flexibility index (Phi) is 5.93. The number of hydrogen-bond donors (Lipinski definition) is 0. The normalized spacial score (nSPS) is 17.7. The second kappa shape index (κ2) is 7.07. The van der Waals surface area contributed by atoms with Crippen LogP contribution in [0.2, 0.25) is 23.2 Å². The van der Waals surface area contributed by atoms with Crippen molar-refractivity contribution in [2.75, 3.05) is 13.2 Å². The molecule has 1 aromatic rings. The molecule has 0 radical (unpaired) electrons. The topological polar surface area (TPSA) is 18.5 Å². The molecule has 23 heavy (non-hydrogen) atoms. The van der Waals surface area contributed by atoms with Gasteiger partial charge in [-0.2, -0.15) is 0 Å². The van der Waals surface area contributed by atoms with Crippen molar-refractivity contribution in [3.63, 3.8) is 0 Å². The van der Waals surface area contributed by atoms with Crippen molar-refractivity contribution in [2.24, 2.45) is 5.41 Å². The summed E-state index contributed by atoms with van der Waals surface area (Å²) in [5.41, 5.74) is 0.176. The highest BCUT2D eigenvalue weighted by Crippen LogP contribution is 2.44. The third kappa shape index (κ3) is 4.74. The summed E-state index contributed by atoms with van der Waals surface area (Å²) in [5, 5.41) is 0.931. The van der Waals surface area contributed by atoms with Crippen LogP contribution in [0, 0.1) is 5.41 Å². The summed E-state index contributed by atoms with van der Waals surface area (Å²) in [6.45, 7) is 13.0. The molecule has 0 bridgehead atoms. The molecule has 0 aliphatic heterocycles. The van der Waals surface area contributed by atoms with Crippen LogP contribution >= 0.6 is 27.5 Å². The molecule has 2 nitrogen and oxygen atoms in total. The van der Waals surface area contributed by atoms with Gasteiger partial charge in [0.15, 0.2) is 8.32 Å². The molecular formula is C18H28BrClO2Si. The summed E-state index contributed by atoms with van der Waals surface area (Å²) < 4.78 is 13.4. The van der Waals surface area contributed by atoms with Crippen LogP contribution in [0.15, 0.2) is 22.7 Å². The van der Waals surface area contributed by atoms with Gasteiger partial charge in [0.2, 0.25) is 0 Å². The smallest absolute Gasteiger partial charge is 0.192 e. The molecule has 0 unspecified atom stereocenters. The van der Waals surface area contributed by atoms with Crippen LogP contribution in [0.1, 0.15) is 40.0 Å². The number of rotatable bonds is 6. The van der Waals surface area contributed by atoms with Crippen LogP contribution in [0.3, 0.4) is 0 Å². The SMILES string of the molecule is CC(C)(C)[Si](C)(C)OCC1(COc2ccc(Br)c(Cl)c2)CCC1. The summed E-state index contributed by atoms with van der Waals surface area (Å²) in [4.78, 5) is 0. The molecule has 0 atom stereocenters. The minimum atomic E-state index is -1.70. The van der Waals surface area contributed by atoms with Gasteiger partial charge in [-0.3, -0.25) is 0 Å². The molecule has 0 N–H and O–H groups in total. The lowest BCUT2D eigenvalue weighted by atomic mass is 9.70. The minimum absolute atomic E-state index is 0.176. The van der Waals surface area contributed by atoms with Gasteiger partial charge in [0.1, 0.15) is 5.75 Å². The van der Waals surface area contributed by atoms with Crippen LogP contribution in [0.5, 0.6) is 5.75 Å². The summed E-state index contributed by atoms with van der Waals surface area (Å²) >= 11 is 9.54. The molecular weight excluding hydrogens is 392 g/mol. The monoisotopic (exact) mass is 418 g/mol. The summed E-state index contributed by atoms with van der Waals surface area (Å²) in [6, 6.07) is 5.75. The maximum Gasteiger partial charge on any atom is 0.192 e. The van der Waals surface area contributed by atoms with E-state index in [-0.39, 0.29) is 10.5 Å². The molecule has 0 aromatic heterocycles. The van der Waals surface area contributed by atoms with Crippen LogP contribution in [0.25, 0.3) is 0 Å². The highest BCUT2D eigenvalue weighted by molar-refractivity contribution is 9.10. The molecule has 0 spiro atoms. The van der Waals surface area contributed by atoms with Crippen LogP contribution in [0.4, 0.5) is 0 Å². The van der Waals surface area contributed by atoms with Crippen molar-refractivity contribution in [2.45, 2.75) is 58.2 Å². The van der Waals surface area contributed by atoms with Crippen molar-refractivity contribution in [3.05, 3.63) is 27.7 Å². The highest BCUT2D eigenvalue weighted by atomic mass is 79.9. The van der Waals surface area contributed by atoms with Crippen LogP contribution in [-0.4, -0.2) is 21.5 Å². The zero-order chi connectivity index (χ0) is 17.3. The third-order valence-corrected chi connectivity index (χ3v) is 11.1. The van der Waals surface area contributed by atoms with E-state index in [1.807, 2.05) is 18.2 Å². The predicted molar refractivity (Wildman–Crippen MR) is 104 cm³/mol. The summed E-state index contributed by atoms with van der Waals surface area (Å²) in [7, 11) is -1.70.